The smallest absolute Gasteiger partial charge is 0.214 e. The fourth-order valence-electron chi connectivity index (χ4n) is 1.56. The highest BCUT2D eigenvalue weighted by atomic mass is 79.9. The minimum atomic E-state index is 0.359. The molecule has 0 unspecified atom stereocenters. The second-order valence-corrected chi connectivity index (χ2v) is 4.76. The molecule has 8 heteroatoms. The van der Waals surface area contributed by atoms with E-state index in [1.54, 1.807) is 0 Å². The number of pyridine rings is 1. The number of nitrogens with two attached hydrogens (primary N) is 1. The average Bonchev–Trinajstić information content (AvgIpc) is 2.83. The van der Waals surface area contributed by atoms with Crippen LogP contribution in [0.15, 0.2) is 29.0 Å². The van der Waals surface area contributed by atoms with Crippen LogP contribution in [0.1, 0.15) is 0 Å². The van der Waals surface area contributed by atoms with Crippen LogP contribution < -0.4 is 5.84 Å². The van der Waals surface area contributed by atoms with E-state index in [1.165, 1.54) is 4.68 Å². The Morgan fingerprint density at radius 2 is 2.18 bits per heavy atom. The topological polar surface area (TPSA) is 76.9 Å². The molecule has 0 aliphatic rings. The maximum absolute atomic E-state index is 5.75. The summed E-state index contributed by atoms with van der Waals surface area (Å²) >= 11 is 8.35. The molecule has 3 aromatic rings. The first kappa shape index (κ1) is 10.5. The summed E-state index contributed by atoms with van der Waals surface area (Å²) in [4.78, 5) is 4.41. The summed E-state index contributed by atoms with van der Waals surface area (Å²) < 4.78 is 4.52. The van der Waals surface area contributed by atoms with Gasteiger partial charge in [-0.1, -0.05) is 0 Å². The Hall–Kier alpha value is -1.67. The lowest BCUT2D eigenvalue weighted by Gasteiger charge is -1.93. The number of aromatic nitrogens is 5. The van der Waals surface area contributed by atoms with E-state index in [-0.39, 0.29) is 0 Å². The van der Waals surface area contributed by atoms with Crippen molar-refractivity contribution < 1.29 is 0 Å². The van der Waals surface area contributed by atoms with Crippen LogP contribution in [0.4, 0.5) is 0 Å². The molecule has 0 bridgehead atoms. The van der Waals surface area contributed by atoms with Crippen LogP contribution in [-0.2, 0) is 0 Å². The fourth-order valence-corrected chi connectivity index (χ4v) is 2.04. The van der Waals surface area contributed by atoms with Crippen molar-refractivity contribution in [2.75, 3.05) is 5.84 Å². The second-order valence-electron chi connectivity index (χ2n) is 3.46. The third kappa shape index (κ3) is 1.65. The maximum atomic E-state index is 5.75. The number of nitrogens with one attached hydrogen (secondary N) is 1. The minimum absolute atomic E-state index is 0.359. The first-order valence-corrected chi connectivity index (χ1v) is 5.92. The van der Waals surface area contributed by atoms with Crippen LogP contribution in [0.3, 0.4) is 0 Å². The summed E-state index contributed by atoms with van der Waals surface area (Å²) in [6.45, 7) is 0. The molecule has 0 aromatic carbocycles. The quantitative estimate of drug-likeness (QED) is 0.530. The van der Waals surface area contributed by atoms with E-state index in [0.717, 1.165) is 10.1 Å². The van der Waals surface area contributed by atoms with Crippen molar-refractivity contribution >= 4 is 33.8 Å². The zero-order chi connectivity index (χ0) is 12.0. The minimum Gasteiger partial charge on any atom is -0.335 e. The predicted octanol–water partition coefficient (Wildman–Crippen LogP) is 1.73. The number of rotatable bonds is 1. The molecule has 0 fully saturated rings. The lowest BCUT2D eigenvalue weighted by molar-refractivity contribution is 0.980. The lowest BCUT2D eigenvalue weighted by atomic mass is 10.4. The van der Waals surface area contributed by atoms with Gasteiger partial charge in [-0.2, -0.15) is 5.10 Å². The van der Waals surface area contributed by atoms with E-state index in [4.69, 9.17) is 18.1 Å². The van der Waals surface area contributed by atoms with Gasteiger partial charge in [0.25, 0.3) is 0 Å². The molecule has 0 amide bonds. The van der Waals surface area contributed by atoms with E-state index in [0.29, 0.717) is 16.3 Å². The van der Waals surface area contributed by atoms with E-state index < -0.39 is 0 Å². The highest BCUT2D eigenvalue weighted by Crippen LogP contribution is 2.18. The molecular weight excluding hydrogens is 304 g/mol. The van der Waals surface area contributed by atoms with E-state index in [2.05, 4.69) is 31.1 Å². The van der Waals surface area contributed by atoms with Crippen LogP contribution >= 0.6 is 28.1 Å². The largest absolute Gasteiger partial charge is 0.335 e. The zero-order valence-corrected chi connectivity index (χ0v) is 10.9. The molecule has 6 nitrogen and oxygen atoms in total. The van der Waals surface area contributed by atoms with Gasteiger partial charge in [-0.15, -0.1) is 0 Å². The van der Waals surface area contributed by atoms with Crippen molar-refractivity contribution in [3.63, 3.8) is 0 Å². The molecule has 0 aliphatic heterocycles. The van der Waals surface area contributed by atoms with Crippen molar-refractivity contribution in [3.05, 3.63) is 33.8 Å². The van der Waals surface area contributed by atoms with E-state index in [9.17, 15) is 0 Å². The van der Waals surface area contributed by atoms with Gasteiger partial charge < -0.3 is 10.2 Å². The van der Waals surface area contributed by atoms with Gasteiger partial charge in [-0.05, 0) is 40.3 Å². The van der Waals surface area contributed by atoms with Gasteiger partial charge in [0.15, 0.2) is 0 Å². The third-order valence-electron chi connectivity index (χ3n) is 2.35. The summed E-state index contributed by atoms with van der Waals surface area (Å²) in [7, 11) is 0. The number of aromatic amines is 1. The van der Waals surface area contributed by atoms with Gasteiger partial charge in [0.2, 0.25) is 10.6 Å². The van der Waals surface area contributed by atoms with E-state index in [1.807, 2.05) is 28.9 Å². The Morgan fingerprint density at radius 3 is 2.88 bits per heavy atom. The highest BCUT2D eigenvalue weighted by molar-refractivity contribution is 9.10. The number of hydrogen-bond donors (Lipinski definition) is 2. The van der Waals surface area contributed by atoms with Crippen LogP contribution in [0.5, 0.6) is 0 Å². The molecule has 3 aromatic heterocycles. The number of nitrogen functional groups attached to an aromatic ring is 1. The predicted molar refractivity (Wildman–Crippen MR) is 69.4 cm³/mol. The number of hydrogen-bond acceptors (Lipinski definition) is 4. The first-order valence-electron chi connectivity index (χ1n) is 4.72. The third-order valence-corrected chi connectivity index (χ3v) is 3.11. The van der Waals surface area contributed by atoms with Crippen LogP contribution in [0.25, 0.3) is 17.2 Å². The standard InChI is InChI=1S/C9H7BrN6S/c10-5-1-2-7-12-6(4-15(7)3-5)8-13-14-9(17)16(8)11/h1-4H,11H2,(H,14,17). The summed E-state index contributed by atoms with van der Waals surface area (Å²) in [5.41, 5.74) is 1.48. The summed E-state index contributed by atoms with van der Waals surface area (Å²) in [6, 6.07) is 3.82. The zero-order valence-electron chi connectivity index (χ0n) is 8.46. The van der Waals surface area contributed by atoms with Crippen LogP contribution in [0.2, 0.25) is 0 Å². The van der Waals surface area contributed by atoms with Crippen LogP contribution in [0, 0.1) is 4.77 Å². The van der Waals surface area contributed by atoms with E-state index >= 15 is 0 Å². The molecule has 0 radical (unpaired) electrons. The van der Waals surface area contributed by atoms with Crippen molar-refractivity contribution in [2.45, 2.75) is 0 Å². The molecule has 3 rings (SSSR count). The van der Waals surface area contributed by atoms with Gasteiger partial charge in [0.1, 0.15) is 11.3 Å². The summed E-state index contributed by atoms with van der Waals surface area (Å²) in [5, 5.41) is 6.66. The Morgan fingerprint density at radius 1 is 1.35 bits per heavy atom. The monoisotopic (exact) mass is 310 g/mol. The normalized spacial score (nSPS) is 11.1. The van der Waals surface area contributed by atoms with Crippen molar-refractivity contribution in [1.29, 1.82) is 0 Å². The first-order chi connectivity index (χ1) is 8.15. The van der Waals surface area contributed by atoms with Crippen LogP contribution in [-0.4, -0.2) is 24.3 Å². The van der Waals surface area contributed by atoms with Gasteiger partial charge in [0.05, 0.1) is 0 Å². The Bertz CT molecular complexity index is 754. The SMILES string of the molecule is Nn1c(-c2cn3cc(Br)ccc3n2)n[nH]c1=S. The molecule has 3 N–H and O–H groups in total. The summed E-state index contributed by atoms with van der Waals surface area (Å²) in [5.74, 6) is 6.26. The van der Waals surface area contributed by atoms with Gasteiger partial charge in [-0.3, -0.25) is 0 Å². The molecular formula is C9H7BrN6S. The maximum Gasteiger partial charge on any atom is 0.214 e. The Balaban J connectivity index is 2.25. The molecule has 86 valence electrons. The molecule has 3 heterocycles. The fraction of sp³-hybridized carbons (Fsp3) is 0. The Kier molecular flexibility index (Phi) is 2.26. The molecule has 0 saturated heterocycles. The molecule has 0 atom stereocenters. The number of fused-ring (bicyclic) bond motifs is 1. The van der Waals surface area contributed by atoms with Crippen molar-refractivity contribution in [1.82, 2.24) is 24.3 Å². The van der Waals surface area contributed by atoms with Gasteiger partial charge >= 0.3 is 0 Å². The number of H-pyrrole nitrogens is 1. The molecule has 0 saturated carbocycles. The number of imidazole rings is 1. The molecule has 17 heavy (non-hydrogen) atoms. The van der Waals surface area contributed by atoms with Gasteiger partial charge in [0, 0.05) is 16.9 Å². The molecule has 0 aliphatic carbocycles. The number of nitrogens with zero attached hydrogens (tertiary/aromatic N) is 4. The van der Waals surface area contributed by atoms with Crippen molar-refractivity contribution in [3.8, 4) is 11.5 Å². The van der Waals surface area contributed by atoms with Gasteiger partial charge in [-0.25, -0.2) is 14.8 Å². The number of halogens is 1. The summed E-state index contributed by atoms with van der Waals surface area (Å²) in [6.07, 6.45) is 3.75. The Labute approximate surface area is 109 Å². The van der Waals surface area contributed by atoms with Crippen molar-refractivity contribution in [2.24, 2.45) is 0 Å². The lowest BCUT2D eigenvalue weighted by Crippen LogP contribution is -2.09. The average molecular weight is 311 g/mol. The second kappa shape index (κ2) is 3.67. The molecule has 0 spiro atoms. The highest BCUT2D eigenvalue weighted by Gasteiger charge is 2.10.